The fourth-order valence-electron chi connectivity index (χ4n) is 10.9. The third-order valence-corrected chi connectivity index (χ3v) is 17.4. The van der Waals surface area contributed by atoms with Gasteiger partial charge in [-0.05, 0) is 135 Å². The van der Waals surface area contributed by atoms with Crippen molar-refractivity contribution in [2.24, 2.45) is 35.5 Å². The molecule has 0 heterocycles. The van der Waals surface area contributed by atoms with Gasteiger partial charge in [-0.2, -0.15) is 0 Å². The van der Waals surface area contributed by atoms with E-state index in [1.54, 1.807) is 87.8 Å². The second kappa shape index (κ2) is 7.19. The van der Waals surface area contributed by atoms with Crippen molar-refractivity contribution in [3.8, 4) is 0 Å². The molecule has 0 radical (unpaired) electrons. The van der Waals surface area contributed by atoms with Gasteiger partial charge in [-0.15, -0.1) is 0 Å². The van der Waals surface area contributed by atoms with Gasteiger partial charge in [0.2, 0.25) is 0 Å². The van der Waals surface area contributed by atoms with Crippen LogP contribution >= 0.6 is 7.92 Å². The lowest BCUT2D eigenvalue weighted by Gasteiger charge is -2.67. The monoisotopic (exact) mass is 464 g/mol. The van der Waals surface area contributed by atoms with E-state index in [0.717, 1.165) is 45.8 Å². The van der Waals surface area contributed by atoms with Crippen LogP contribution in [0.15, 0.2) is 24.3 Å². The first kappa shape index (κ1) is 21.2. The standard InChI is InChI=1S/C30H45PSi/c1-32(2,3)28-6-4-5-21(13-28)20-31(29-14-22-7-23(15-29)9-24(8-22)16-29)30-17-25-10-26(18-30)12-27(11-25)19-30/h4-6,13,22-27H,7-12,14-20H2,1-3H3. The molecule has 2 heteroatoms. The Morgan fingerprint density at radius 3 is 1.47 bits per heavy atom. The second-order valence-electron chi connectivity index (χ2n) is 14.8. The molecule has 0 atom stereocenters. The number of rotatable bonds is 5. The first-order valence-corrected chi connectivity index (χ1v) is 19.2. The first-order chi connectivity index (χ1) is 15.3. The van der Waals surface area contributed by atoms with Crippen molar-refractivity contribution >= 4 is 21.2 Å². The number of benzene rings is 1. The molecule has 0 amide bonds. The minimum atomic E-state index is -1.25. The van der Waals surface area contributed by atoms with E-state index >= 15 is 0 Å². The van der Waals surface area contributed by atoms with Crippen molar-refractivity contribution < 1.29 is 0 Å². The molecule has 32 heavy (non-hydrogen) atoms. The first-order valence-electron chi connectivity index (χ1n) is 14.2. The molecule has 0 saturated heterocycles. The molecule has 0 aromatic heterocycles. The van der Waals surface area contributed by atoms with Crippen LogP contribution in [0.5, 0.6) is 0 Å². The minimum absolute atomic E-state index is 0.0820. The maximum Gasteiger partial charge on any atom is 0.0776 e. The minimum Gasteiger partial charge on any atom is -0.0894 e. The Balaban J connectivity index is 1.29. The summed E-state index contributed by atoms with van der Waals surface area (Å²) in [5.74, 6) is 6.63. The van der Waals surface area contributed by atoms with Crippen LogP contribution in [0.25, 0.3) is 0 Å². The molecule has 0 spiro atoms. The summed E-state index contributed by atoms with van der Waals surface area (Å²) in [6.07, 6.45) is 20.9. The molecule has 9 rings (SSSR count). The summed E-state index contributed by atoms with van der Waals surface area (Å²) >= 11 is 0. The average molecular weight is 465 g/mol. The highest BCUT2D eigenvalue weighted by Gasteiger charge is 2.62. The van der Waals surface area contributed by atoms with Crippen LogP contribution in [0.2, 0.25) is 19.6 Å². The number of hydrogen-bond acceptors (Lipinski definition) is 0. The topological polar surface area (TPSA) is 0 Å². The fraction of sp³-hybridized carbons (Fsp3) is 0.800. The van der Waals surface area contributed by atoms with Crippen LogP contribution in [0.1, 0.15) is 82.6 Å². The smallest absolute Gasteiger partial charge is 0.0776 e. The van der Waals surface area contributed by atoms with E-state index in [1.807, 2.05) is 0 Å². The Labute approximate surface area is 199 Å². The van der Waals surface area contributed by atoms with E-state index in [0.29, 0.717) is 0 Å². The van der Waals surface area contributed by atoms with Crippen molar-refractivity contribution in [2.75, 3.05) is 0 Å². The third-order valence-electron chi connectivity index (χ3n) is 11.3. The zero-order valence-corrected chi connectivity index (χ0v) is 22.8. The molecule has 8 saturated carbocycles. The lowest BCUT2D eigenvalue weighted by molar-refractivity contribution is 0.0184. The summed E-state index contributed by atoms with van der Waals surface area (Å²) in [4.78, 5) is 0. The van der Waals surface area contributed by atoms with Crippen LogP contribution in [-0.2, 0) is 6.16 Å². The van der Waals surface area contributed by atoms with Gasteiger partial charge in [-0.1, -0.05) is 57.0 Å². The molecule has 0 aliphatic heterocycles. The SMILES string of the molecule is C[Si](C)(C)c1cccc(CP(C23CC4CC(CC(C4)C2)C3)C23CC4CC(CC(C4)C2)C3)c1. The van der Waals surface area contributed by atoms with Gasteiger partial charge < -0.3 is 0 Å². The van der Waals surface area contributed by atoms with E-state index in [9.17, 15) is 0 Å². The maximum atomic E-state index is 2.70. The van der Waals surface area contributed by atoms with Gasteiger partial charge in [0, 0.05) is 0 Å². The van der Waals surface area contributed by atoms with Crippen molar-refractivity contribution in [3.63, 3.8) is 0 Å². The second-order valence-corrected chi connectivity index (χ2v) is 23.0. The normalized spacial score (nSPS) is 47.2. The molecular formula is C30H45PSi. The van der Waals surface area contributed by atoms with Crippen LogP contribution in [0.3, 0.4) is 0 Å². The summed E-state index contributed by atoms with van der Waals surface area (Å²) in [6, 6.07) is 10.1. The van der Waals surface area contributed by atoms with E-state index in [-0.39, 0.29) is 7.92 Å². The molecule has 0 nitrogen and oxygen atoms in total. The molecule has 1 aromatic carbocycles. The lowest BCUT2D eigenvalue weighted by Crippen LogP contribution is -2.56. The van der Waals surface area contributed by atoms with Gasteiger partial charge >= 0.3 is 0 Å². The number of hydrogen-bond donors (Lipinski definition) is 0. The molecule has 0 unspecified atom stereocenters. The van der Waals surface area contributed by atoms with Crippen LogP contribution in [-0.4, -0.2) is 18.4 Å². The van der Waals surface area contributed by atoms with Crippen molar-refractivity contribution in [1.29, 1.82) is 0 Å². The highest BCUT2D eigenvalue weighted by molar-refractivity contribution is 7.60. The Morgan fingerprint density at radius 1 is 0.688 bits per heavy atom. The molecular weight excluding hydrogens is 419 g/mol. The maximum absolute atomic E-state index is 2.70. The van der Waals surface area contributed by atoms with E-state index in [2.05, 4.69) is 43.9 Å². The summed E-state index contributed by atoms with van der Waals surface area (Å²) in [5.41, 5.74) is 1.74. The predicted molar refractivity (Wildman–Crippen MR) is 142 cm³/mol. The molecule has 8 aliphatic rings. The highest BCUT2D eigenvalue weighted by atomic mass is 31.1. The van der Waals surface area contributed by atoms with E-state index < -0.39 is 8.07 Å². The van der Waals surface area contributed by atoms with Crippen LogP contribution in [0, 0.1) is 35.5 Å². The van der Waals surface area contributed by atoms with Gasteiger partial charge in [0.25, 0.3) is 0 Å². The Morgan fingerprint density at radius 2 is 1.09 bits per heavy atom. The van der Waals surface area contributed by atoms with Crippen LogP contribution < -0.4 is 5.19 Å². The molecule has 8 bridgehead atoms. The quantitative estimate of drug-likeness (QED) is 0.305. The zero-order valence-electron chi connectivity index (χ0n) is 20.9. The molecule has 174 valence electrons. The van der Waals surface area contributed by atoms with Gasteiger partial charge in [-0.25, -0.2) is 0 Å². The van der Waals surface area contributed by atoms with E-state index in [4.69, 9.17) is 0 Å². The molecule has 8 aliphatic carbocycles. The summed E-state index contributed by atoms with van der Waals surface area (Å²) in [6.45, 7) is 7.60. The molecule has 0 N–H and O–H groups in total. The summed E-state index contributed by atoms with van der Waals surface area (Å²) in [5, 5.41) is 3.23. The lowest BCUT2D eigenvalue weighted by atomic mass is 9.55. The largest absolute Gasteiger partial charge is 0.0894 e. The Bertz CT molecular complexity index is 780. The summed E-state index contributed by atoms with van der Waals surface area (Å²) < 4.78 is 0. The highest BCUT2D eigenvalue weighted by Crippen LogP contribution is 2.79. The van der Waals surface area contributed by atoms with Crippen molar-refractivity contribution in [2.45, 2.75) is 113 Å². The molecule has 1 aromatic rings. The average Bonchev–Trinajstić information content (AvgIpc) is 2.69. The van der Waals surface area contributed by atoms with Crippen molar-refractivity contribution in [3.05, 3.63) is 29.8 Å². The summed E-state index contributed by atoms with van der Waals surface area (Å²) in [7, 11) is -1.17. The Hall–Kier alpha value is -0.133. The van der Waals surface area contributed by atoms with Gasteiger partial charge in [-0.3, -0.25) is 0 Å². The van der Waals surface area contributed by atoms with Crippen molar-refractivity contribution in [1.82, 2.24) is 0 Å². The zero-order chi connectivity index (χ0) is 21.7. The van der Waals surface area contributed by atoms with Gasteiger partial charge in [0.15, 0.2) is 0 Å². The molecule has 8 fully saturated rings. The van der Waals surface area contributed by atoms with Gasteiger partial charge in [0.1, 0.15) is 0 Å². The Kier molecular flexibility index (Phi) is 4.76. The van der Waals surface area contributed by atoms with Crippen LogP contribution in [0.4, 0.5) is 0 Å². The third kappa shape index (κ3) is 3.38. The van der Waals surface area contributed by atoms with E-state index in [1.165, 1.54) is 6.16 Å². The predicted octanol–water partition coefficient (Wildman–Crippen LogP) is 8.15. The van der Waals surface area contributed by atoms with Gasteiger partial charge in [0.05, 0.1) is 8.07 Å². The fourth-order valence-corrected chi connectivity index (χ4v) is 17.3.